The Morgan fingerprint density at radius 3 is 2.50 bits per heavy atom. The molecule has 1 rings (SSSR count). The number of rotatable bonds is 4. The van der Waals surface area contributed by atoms with Crippen LogP contribution in [0.15, 0.2) is 0 Å². The summed E-state index contributed by atoms with van der Waals surface area (Å²) in [7, 11) is 0. The monoisotopic (exact) mass is 197 g/mol. The average molecular weight is 197 g/mol. The quantitative estimate of drug-likeness (QED) is 0.671. The van der Waals surface area contributed by atoms with Crippen molar-refractivity contribution in [2.24, 2.45) is 0 Å². The van der Waals surface area contributed by atoms with Crippen LogP contribution in [0.3, 0.4) is 0 Å². The van der Waals surface area contributed by atoms with Gasteiger partial charge in [0.05, 0.1) is 0 Å². The summed E-state index contributed by atoms with van der Waals surface area (Å²) < 4.78 is 0. The highest BCUT2D eigenvalue weighted by Gasteiger charge is 2.23. The van der Waals surface area contributed by atoms with E-state index in [-0.39, 0.29) is 0 Å². The molecule has 0 saturated carbocycles. The molecule has 0 N–H and O–H groups in total. The Kier molecular flexibility index (Phi) is 4.94. The second kappa shape index (κ2) is 6.02. The maximum Gasteiger partial charge on any atom is 0.222 e. The molecule has 0 spiro atoms. The van der Waals surface area contributed by atoms with Crippen LogP contribution in [0.2, 0.25) is 0 Å². The van der Waals surface area contributed by atoms with Crippen LogP contribution >= 0.6 is 0 Å². The predicted molar refractivity (Wildman–Crippen MR) is 57.2 cm³/mol. The van der Waals surface area contributed by atoms with Gasteiger partial charge < -0.3 is 4.90 Å². The van der Waals surface area contributed by atoms with E-state index in [0.29, 0.717) is 18.4 Å². The molecule has 1 saturated heterocycles. The van der Waals surface area contributed by atoms with Crippen LogP contribution in [0.1, 0.15) is 39.5 Å². The third-order valence-electron chi connectivity index (χ3n) is 2.77. The second-order valence-corrected chi connectivity index (χ2v) is 3.84. The summed E-state index contributed by atoms with van der Waals surface area (Å²) in [4.78, 5) is 13.8. The zero-order chi connectivity index (χ0) is 10.4. The standard InChI is InChI=1S/C11H21N2O/c1-3-9-13(11(14)4-2)10-5-7-12-8-6-10/h10H,3-9H2,1-2H3. The first kappa shape index (κ1) is 11.5. The molecule has 0 unspecified atom stereocenters. The van der Waals surface area contributed by atoms with Crippen LogP contribution in [-0.4, -0.2) is 36.5 Å². The number of hydrogen-bond donors (Lipinski definition) is 0. The maximum atomic E-state index is 11.7. The van der Waals surface area contributed by atoms with Gasteiger partial charge in [-0.25, -0.2) is 5.32 Å². The maximum absolute atomic E-state index is 11.7. The molecular weight excluding hydrogens is 176 g/mol. The normalized spacial score (nSPS) is 18.1. The van der Waals surface area contributed by atoms with Gasteiger partial charge >= 0.3 is 0 Å². The molecule has 14 heavy (non-hydrogen) atoms. The summed E-state index contributed by atoms with van der Waals surface area (Å²) >= 11 is 0. The molecule has 1 heterocycles. The smallest absolute Gasteiger partial charge is 0.222 e. The topological polar surface area (TPSA) is 34.4 Å². The summed E-state index contributed by atoms with van der Waals surface area (Å²) in [6.07, 6.45) is 3.81. The Morgan fingerprint density at radius 1 is 1.36 bits per heavy atom. The zero-order valence-electron chi connectivity index (χ0n) is 9.33. The molecule has 1 aliphatic heterocycles. The number of hydrogen-bond acceptors (Lipinski definition) is 1. The van der Waals surface area contributed by atoms with Crippen LogP contribution < -0.4 is 5.32 Å². The minimum absolute atomic E-state index is 0.304. The molecule has 1 aliphatic rings. The highest BCUT2D eigenvalue weighted by atomic mass is 16.2. The third-order valence-corrected chi connectivity index (χ3v) is 2.77. The van der Waals surface area contributed by atoms with Gasteiger partial charge in [0.2, 0.25) is 5.91 Å². The van der Waals surface area contributed by atoms with Crippen LogP contribution in [0.5, 0.6) is 0 Å². The van der Waals surface area contributed by atoms with Gasteiger partial charge in [0.25, 0.3) is 0 Å². The summed E-state index contributed by atoms with van der Waals surface area (Å²) in [5.41, 5.74) is 0. The van der Waals surface area contributed by atoms with Crippen molar-refractivity contribution in [2.45, 2.75) is 45.6 Å². The first-order valence-electron chi connectivity index (χ1n) is 5.72. The lowest BCUT2D eigenvalue weighted by Gasteiger charge is -2.34. The summed E-state index contributed by atoms with van der Waals surface area (Å²) in [6.45, 7) is 6.85. The lowest BCUT2D eigenvalue weighted by molar-refractivity contribution is -0.133. The van der Waals surface area contributed by atoms with Gasteiger partial charge in [-0.15, -0.1) is 0 Å². The van der Waals surface area contributed by atoms with Crippen LogP contribution in [0, 0.1) is 0 Å². The van der Waals surface area contributed by atoms with Gasteiger partial charge in [-0.2, -0.15) is 0 Å². The molecule has 0 aromatic carbocycles. The third kappa shape index (κ3) is 2.98. The van der Waals surface area contributed by atoms with Crippen molar-refractivity contribution in [3.8, 4) is 0 Å². The van der Waals surface area contributed by atoms with E-state index in [0.717, 1.165) is 38.9 Å². The lowest BCUT2D eigenvalue weighted by atomic mass is 10.0. The Labute approximate surface area is 86.9 Å². The van der Waals surface area contributed by atoms with Gasteiger partial charge in [-0.3, -0.25) is 4.79 Å². The van der Waals surface area contributed by atoms with E-state index < -0.39 is 0 Å². The zero-order valence-corrected chi connectivity index (χ0v) is 9.33. The van der Waals surface area contributed by atoms with E-state index in [2.05, 4.69) is 17.1 Å². The Morgan fingerprint density at radius 2 is 2.00 bits per heavy atom. The van der Waals surface area contributed by atoms with Crippen molar-refractivity contribution in [1.82, 2.24) is 10.2 Å². The fraction of sp³-hybridized carbons (Fsp3) is 0.909. The number of amides is 1. The molecule has 81 valence electrons. The molecule has 0 aliphatic carbocycles. The average Bonchev–Trinajstić information content (AvgIpc) is 2.26. The van der Waals surface area contributed by atoms with Crippen LogP contribution in [0.4, 0.5) is 0 Å². The molecule has 0 bridgehead atoms. The highest BCUT2D eigenvalue weighted by molar-refractivity contribution is 5.76. The first-order valence-corrected chi connectivity index (χ1v) is 5.72. The number of nitrogens with zero attached hydrogens (tertiary/aromatic N) is 2. The molecule has 3 heteroatoms. The Bertz CT molecular complexity index is 176. The van der Waals surface area contributed by atoms with Crippen molar-refractivity contribution < 1.29 is 4.79 Å². The number of carbonyl (C=O) groups excluding carboxylic acids is 1. The molecule has 0 aromatic rings. The van der Waals surface area contributed by atoms with Gasteiger partial charge in [0.1, 0.15) is 0 Å². The van der Waals surface area contributed by atoms with Gasteiger partial charge in [-0.1, -0.05) is 13.8 Å². The van der Waals surface area contributed by atoms with E-state index >= 15 is 0 Å². The van der Waals surface area contributed by atoms with Gasteiger partial charge in [-0.05, 0) is 19.3 Å². The van der Waals surface area contributed by atoms with Crippen molar-refractivity contribution in [3.63, 3.8) is 0 Å². The van der Waals surface area contributed by atoms with E-state index in [1.165, 1.54) is 0 Å². The summed E-state index contributed by atoms with van der Waals surface area (Å²) in [5, 5.41) is 4.32. The van der Waals surface area contributed by atoms with Crippen LogP contribution in [-0.2, 0) is 4.79 Å². The molecule has 3 nitrogen and oxygen atoms in total. The predicted octanol–water partition coefficient (Wildman–Crippen LogP) is 1.40. The molecule has 0 atom stereocenters. The Balaban J connectivity index is 2.50. The SMILES string of the molecule is CCCN(C(=O)CC)C1CC[N]CC1. The minimum atomic E-state index is 0.304. The largest absolute Gasteiger partial charge is 0.340 e. The highest BCUT2D eigenvalue weighted by Crippen LogP contribution is 2.14. The second-order valence-electron chi connectivity index (χ2n) is 3.84. The molecule has 0 aromatic heterocycles. The molecule has 1 amide bonds. The molecule has 1 fully saturated rings. The van der Waals surface area contributed by atoms with Crippen molar-refractivity contribution >= 4 is 5.91 Å². The van der Waals surface area contributed by atoms with Gasteiger partial charge in [0, 0.05) is 32.1 Å². The lowest BCUT2D eigenvalue weighted by Crippen LogP contribution is -2.44. The minimum Gasteiger partial charge on any atom is -0.340 e. The fourth-order valence-corrected chi connectivity index (χ4v) is 2.00. The van der Waals surface area contributed by atoms with E-state index in [9.17, 15) is 4.79 Å². The Hall–Kier alpha value is -0.570. The van der Waals surface area contributed by atoms with E-state index in [1.54, 1.807) is 0 Å². The first-order chi connectivity index (χ1) is 6.79. The van der Waals surface area contributed by atoms with Crippen molar-refractivity contribution in [2.75, 3.05) is 19.6 Å². The van der Waals surface area contributed by atoms with E-state index in [4.69, 9.17) is 0 Å². The number of carbonyl (C=O) groups is 1. The van der Waals surface area contributed by atoms with E-state index in [1.807, 2.05) is 6.92 Å². The fourth-order valence-electron chi connectivity index (χ4n) is 2.00. The molecular formula is C11H21N2O. The van der Waals surface area contributed by atoms with Crippen molar-refractivity contribution in [3.05, 3.63) is 0 Å². The number of piperidine rings is 1. The van der Waals surface area contributed by atoms with Gasteiger partial charge in [0.15, 0.2) is 0 Å². The van der Waals surface area contributed by atoms with Crippen LogP contribution in [0.25, 0.3) is 0 Å². The van der Waals surface area contributed by atoms with Crippen molar-refractivity contribution in [1.29, 1.82) is 0 Å². The summed E-state index contributed by atoms with van der Waals surface area (Å²) in [5.74, 6) is 0.304. The molecule has 1 radical (unpaired) electrons. The summed E-state index contributed by atoms with van der Waals surface area (Å²) in [6, 6.07) is 0.458.